The lowest BCUT2D eigenvalue weighted by Gasteiger charge is -2.32. The second-order valence-electron chi connectivity index (χ2n) is 5.70. The highest BCUT2D eigenvalue weighted by Gasteiger charge is 2.20. The number of aromatic nitrogens is 1. The number of nitrogens with two attached hydrogens (primary N) is 1. The molecule has 0 saturated carbocycles. The highest BCUT2D eigenvalue weighted by atomic mass is 15.2. The van der Waals surface area contributed by atoms with Crippen molar-refractivity contribution in [3.05, 3.63) is 30.1 Å². The second kappa shape index (κ2) is 8.25. The van der Waals surface area contributed by atoms with Gasteiger partial charge in [-0.3, -0.25) is 9.88 Å². The summed E-state index contributed by atoms with van der Waals surface area (Å²) in [7, 11) is 4.21. The average molecular weight is 264 g/mol. The van der Waals surface area contributed by atoms with Crippen LogP contribution < -0.4 is 5.73 Å². The SMILES string of the molecule is CC(C)CN(CCN(C)C)C(CN)c1ccccn1. The smallest absolute Gasteiger partial charge is 0.0645 e. The molecule has 4 heteroatoms. The molecule has 0 aromatic carbocycles. The van der Waals surface area contributed by atoms with Gasteiger partial charge in [-0.2, -0.15) is 0 Å². The first-order valence-corrected chi connectivity index (χ1v) is 7.04. The zero-order valence-corrected chi connectivity index (χ0v) is 12.7. The summed E-state index contributed by atoms with van der Waals surface area (Å²) in [5.41, 5.74) is 7.07. The molecule has 0 fully saturated rings. The summed E-state index contributed by atoms with van der Waals surface area (Å²) in [5, 5.41) is 0. The van der Waals surface area contributed by atoms with Gasteiger partial charge in [0.15, 0.2) is 0 Å². The third-order valence-corrected chi connectivity index (χ3v) is 3.13. The zero-order chi connectivity index (χ0) is 14.3. The summed E-state index contributed by atoms with van der Waals surface area (Å²) in [5.74, 6) is 0.625. The van der Waals surface area contributed by atoms with E-state index in [1.165, 1.54) is 0 Å². The van der Waals surface area contributed by atoms with Crippen LogP contribution in [0.4, 0.5) is 0 Å². The number of likely N-dealkylation sites (N-methyl/N-ethyl adjacent to an activating group) is 1. The van der Waals surface area contributed by atoms with Gasteiger partial charge >= 0.3 is 0 Å². The summed E-state index contributed by atoms with van der Waals surface area (Å²) in [4.78, 5) is 9.13. The van der Waals surface area contributed by atoms with Crippen molar-refractivity contribution in [3.63, 3.8) is 0 Å². The quantitative estimate of drug-likeness (QED) is 0.775. The molecule has 19 heavy (non-hydrogen) atoms. The Labute approximate surface area is 117 Å². The Morgan fingerprint density at radius 1 is 1.21 bits per heavy atom. The summed E-state index contributed by atoms with van der Waals surface area (Å²) >= 11 is 0. The molecule has 1 aromatic heterocycles. The van der Waals surface area contributed by atoms with Crippen molar-refractivity contribution in [1.29, 1.82) is 0 Å². The molecule has 2 N–H and O–H groups in total. The van der Waals surface area contributed by atoms with E-state index in [0.717, 1.165) is 25.3 Å². The topological polar surface area (TPSA) is 45.4 Å². The van der Waals surface area contributed by atoms with E-state index in [2.05, 4.69) is 48.8 Å². The maximum atomic E-state index is 5.99. The minimum absolute atomic E-state index is 0.212. The molecule has 1 atom stereocenters. The Hall–Kier alpha value is -0.970. The molecule has 0 aliphatic carbocycles. The summed E-state index contributed by atoms with van der Waals surface area (Å²) in [6.45, 7) is 8.20. The fraction of sp³-hybridized carbons (Fsp3) is 0.667. The highest BCUT2D eigenvalue weighted by Crippen LogP contribution is 2.18. The van der Waals surface area contributed by atoms with Crippen molar-refractivity contribution in [2.45, 2.75) is 19.9 Å². The lowest BCUT2D eigenvalue weighted by atomic mass is 10.1. The fourth-order valence-corrected chi connectivity index (χ4v) is 2.20. The number of pyridine rings is 1. The van der Waals surface area contributed by atoms with Crippen molar-refractivity contribution >= 4 is 0 Å². The van der Waals surface area contributed by atoms with Crippen LogP contribution in [0.2, 0.25) is 0 Å². The molecule has 0 radical (unpaired) electrons. The summed E-state index contributed by atoms with van der Waals surface area (Å²) < 4.78 is 0. The largest absolute Gasteiger partial charge is 0.329 e. The normalized spacial score (nSPS) is 13.5. The van der Waals surface area contributed by atoms with E-state index in [-0.39, 0.29) is 6.04 Å². The second-order valence-corrected chi connectivity index (χ2v) is 5.70. The molecule has 1 aromatic rings. The highest BCUT2D eigenvalue weighted by molar-refractivity contribution is 5.09. The van der Waals surface area contributed by atoms with Gasteiger partial charge in [0.2, 0.25) is 0 Å². The molecule has 0 spiro atoms. The number of hydrogen-bond acceptors (Lipinski definition) is 4. The molecule has 4 nitrogen and oxygen atoms in total. The van der Waals surface area contributed by atoms with Crippen LogP contribution in [0.25, 0.3) is 0 Å². The van der Waals surface area contributed by atoms with Crippen LogP contribution >= 0.6 is 0 Å². The third kappa shape index (κ3) is 5.68. The maximum absolute atomic E-state index is 5.99. The first kappa shape index (κ1) is 16.1. The molecular weight excluding hydrogens is 236 g/mol. The van der Waals surface area contributed by atoms with Gasteiger partial charge in [-0.05, 0) is 32.1 Å². The predicted molar refractivity (Wildman–Crippen MR) is 81.0 cm³/mol. The van der Waals surface area contributed by atoms with Gasteiger partial charge in [0.25, 0.3) is 0 Å². The van der Waals surface area contributed by atoms with E-state index in [0.29, 0.717) is 12.5 Å². The van der Waals surface area contributed by atoms with E-state index in [4.69, 9.17) is 5.73 Å². The zero-order valence-electron chi connectivity index (χ0n) is 12.7. The molecule has 0 aliphatic rings. The molecule has 0 bridgehead atoms. The van der Waals surface area contributed by atoms with Crippen LogP contribution in [0, 0.1) is 5.92 Å². The van der Waals surface area contributed by atoms with Crippen molar-refractivity contribution in [1.82, 2.24) is 14.8 Å². The molecule has 1 rings (SSSR count). The van der Waals surface area contributed by atoms with E-state index in [1.54, 1.807) is 0 Å². The molecular formula is C15H28N4. The lowest BCUT2D eigenvalue weighted by molar-refractivity contribution is 0.161. The van der Waals surface area contributed by atoms with Gasteiger partial charge in [-0.15, -0.1) is 0 Å². The van der Waals surface area contributed by atoms with Gasteiger partial charge in [0.05, 0.1) is 11.7 Å². The molecule has 1 unspecified atom stereocenters. The fourth-order valence-electron chi connectivity index (χ4n) is 2.20. The van der Waals surface area contributed by atoms with E-state index in [9.17, 15) is 0 Å². The van der Waals surface area contributed by atoms with Gasteiger partial charge < -0.3 is 10.6 Å². The van der Waals surface area contributed by atoms with Gasteiger partial charge in [-0.1, -0.05) is 19.9 Å². The molecule has 0 saturated heterocycles. The van der Waals surface area contributed by atoms with Crippen LogP contribution in [0.15, 0.2) is 24.4 Å². The Morgan fingerprint density at radius 2 is 1.95 bits per heavy atom. The van der Waals surface area contributed by atoms with Crippen molar-refractivity contribution in [2.75, 3.05) is 40.3 Å². The molecule has 0 aliphatic heterocycles. The molecule has 0 amide bonds. The summed E-state index contributed by atoms with van der Waals surface area (Å²) in [6.07, 6.45) is 1.84. The monoisotopic (exact) mass is 264 g/mol. The van der Waals surface area contributed by atoms with E-state index in [1.807, 2.05) is 18.3 Å². The Morgan fingerprint density at radius 3 is 2.42 bits per heavy atom. The number of nitrogens with zero attached hydrogens (tertiary/aromatic N) is 3. The standard InChI is InChI=1S/C15H28N4/c1-13(2)12-19(10-9-18(3)4)15(11-16)14-7-5-6-8-17-14/h5-8,13,15H,9-12,16H2,1-4H3. The maximum Gasteiger partial charge on any atom is 0.0645 e. The van der Waals surface area contributed by atoms with Gasteiger partial charge in [0, 0.05) is 32.4 Å². The average Bonchev–Trinajstić information content (AvgIpc) is 2.37. The Bertz CT molecular complexity index is 337. The number of rotatable bonds is 8. The van der Waals surface area contributed by atoms with Crippen molar-refractivity contribution in [2.24, 2.45) is 11.7 Å². The van der Waals surface area contributed by atoms with Crippen molar-refractivity contribution < 1.29 is 0 Å². The van der Waals surface area contributed by atoms with Crippen LogP contribution in [-0.2, 0) is 0 Å². The van der Waals surface area contributed by atoms with Crippen LogP contribution in [0.1, 0.15) is 25.6 Å². The Balaban J connectivity index is 2.80. The molecule has 108 valence electrons. The van der Waals surface area contributed by atoms with Gasteiger partial charge in [0.1, 0.15) is 0 Å². The summed E-state index contributed by atoms with van der Waals surface area (Å²) in [6, 6.07) is 6.26. The van der Waals surface area contributed by atoms with Crippen LogP contribution in [-0.4, -0.2) is 55.1 Å². The number of hydrogen-bond donors (Lipinski definition) is 1. The van der Waals surface area contributed by atoms with E-state index >= 15 is 0 Å². The van der Waals surface area contributed by atoms with Crippen LogP contribution in [0.3, 0.4) is 0 Å². The Kier molecular flexibility index (Phi) is 6.99. The van der Waals surface area contributed by atoms with Gasteiger partial charge in [-0.25, -0.2) is 0 Å². The lowest BCUT2D eigenvalue weighted by Crippen LogP contribution is -2.40. The van der Waals surface area contributed by atoms with E-state index < -0.39 is 0 Å². The minimum Gasteiger partial charge on any atom is -0.329 e. The first-order chi connectivity index (χ1) is 9.04. The predicted octanol–water partition coefficient (Wildman–Crippen LogP) is 1.60. The minimum atomic E-state index is 0.212. The third-order valence-electron chi connectivity index (χ3n) is 3.13. The van der Waals surface area contributed by atoms with Crippen LogP contribution in [0.5, 0.6) is 0 Å². The first-order valence-electron chi connectivity index (χ1n) is 7.04. The van der Waals surface area contributed by atoms with Crippen molar-refractivity contribution in [3.8, 4) is 0 Å². The molecule has 1 heterocycles.